The Balaban J connectivity index is 1.84. The molecular weight excluding hydrogens is 290 g/mol. The largest absolute Gasteiger partial charge is 0.355 e. The molecule has 23 heavy (non-hydrogen) atoms. The van der Waals surface area contributed by atoms with Crippen molar-refractivity contribution >= 4 is 28.4 Å². The molecule has 5 heteroatoms. The minimum Gasteiger partial charge on any atom is -0.355 e. The van der Waals surface area contributed by atoms with E-state index in [1.165, 1.54) is 0 Å². The smallest absolute Gasteiger partial charge is 0.272 e. The van der Waals surface area contributed by atoms with Crippen LogP contribution in [0, 0.1) is 6.92 Å². The van der Waals surface area contributed by atoms with E-state index in [2.05, 4.69) is 15.6 Å². The highest BCUT2D eigenvalue weighted by Crippen LogP contribution is 2.18. The number of carbonyl (C=O) groups excluding carboxylic acids is 2. The molecular formula is C18H17N3O2. The average molecular weight is 307 g/mol. The van der Waals surface area contributed by atoms with Gasteiger partial charge in [-0.1, -0.05) is 18.2 Å². The number of aromatic nitrogens is 1. The molecule has 0 fully saturated rings. The standard InChI is InChI=1S/C18H17N3O2/c1-11-6-7-12-10-16(21-15(12)8-11)18(23)20-14-5-3-4-13(9-14)17(22)19-2/h3-10,21H,1-2H3,(H,19,22)(H,20,23). The van der Waals surface area contributed by atoms with E-state index in [1.807, 2.05) is 31.2 Å². The van der Waals surface area contributed by atoms with E-state index in [0.717, 1.165) is 16.5 Å². The van der Waals surface area contributed by atoms with Crippen LogP contribution in [0.1, 0.15) is 26.4 Å². The molecule has 2 amide bonds. The normalized spacial score (nSPS) is 10.5. The summed E-state index contributed by atoms with van der Waals surface area (Å²) < 4.78 is 0. The fraction of sp³-hybridized carbons (Fsp3) is 0.111. The lowest BCUT2D eigenvalue weighted by Crippen LogP contribution is -2.18. The highest BCUT2D eigenvalue weighted by molar-refractivity contribution is 6.06. The lowest BCUT2D eigenvalue weighted by Gasteiger charge is -2.06. The summed E-state index contributed by atoms with van der Waals surface area (Å²) in [4.78, 5) is 27.1. The van der Waals surface area contributed by atoms with Gasteiger partial charge in [0.05, 0.1) is 0 Å². The van der Waals surface area contributed by atoms with Crippen molar-refractivity contribution in [2.24, 2.45) is 0 Å². The van der Waals surface area contributed by atoms with Crippen molar-refractivity contribution in [1.82, 2.24) is 10.3 Å². The number of aryl methyl sites for hydroxylation is 1. The Morgan fingerprint density at radius 1 is 1.00 bits per heavy atom. The zero-order valence-corrected chi connectivity index (χ0v) is 12.9. The molecule has 3 N–H and O–H groups in total. The number of nitrogens with one attached hydrogen (secondary N) is 3. The van der Waals surface area contributed by atoms with E-state index >= 15 is 0 Å². The molecule has 0 atom stereocenters. The van der Waals surface area contributed by atoms with Gasteiger partial charge in [0.15, 0.2) is 0 Å². The molecule has 1 aromatic heterocycles. The van der Waals surface area contributed by atoms with Gasteiger partial charge in [-0.2, -0.15) is 0 Å². The molecule has 0 aliphatic heterocycles. The molecule has 0 aliphatic carbocycles. The maximum absolute atomic E-state index is 12.4. The Kier molecular flexibility index (Phi) is 3.85. The molecule has 0 unspecified atom stereocenters. The van der Waals surface area contributed by atoms with Gasteiger partial charge in [0.25, 0.3) is 11.8 Å². The molecule has 2 aromatic carbocycles. The Morgan fingerprint density at radius 2 is 1.83 bits per heavy atom. The first-order valence-electron chi connectivity index (χ1n) is 7.29. The number of anilines is 1. The molecule has 116 valence electrons. The van der Waals surface area contributed by atoms with Crippen LogP contribution in [0.15, 0.2) is 48.5 Å². The predicted molar refractivity (Wildman–Crippen MR) is 90.8 cm³/mol. The van der Waals surface area contributed by atoms with Crippen LogP contribution in [0.25, 0.3) is 10.9 Å². The topological polar surface area (TPSA) is 74.0 Å². The summed E-state index contributed by atoms with van der Waals surface area (Å²) in [5.41, 5.74) is 3.61. The van der Waals surface area contributed by atoms with Crippen LogP contribution in [0.3, 0.4) is 0 Å². The third-order valence-electron chi connectivity index (χ3n) is 3.63. The summed E-state index contributed by atoms with van der Waals surface area (Å²) >= 11 is 0. The number of aromatic amines is 1. The second-order valence-electron chi connectivity index (χ2n) is 5.39. The summed E-state index contributed by atoms with van der Waals surface area (Å²) in [6.07, 6.45) is 0. The zero-order chi connectivity index (χ0) is 16.4. The molecule has 0 radical (unpaired) electrons. The van der Waals surface area contributed by atoms with E-state index < -0.39 is 0 Å². The number of hydrogen-bond donors (Lipinski definition) is 3. The fourth-order valence-corrected chi connectivity index (χ4v) is 2.44. The SMILES string of the molecule is CNC(=O)c1cccc(NC(=O)c2cc3ccc(C)cc3[nH]2)c1. The molecule has 3 aromatic rings. The molecule has 0 bridgehead atoms. The van der Waals surface area contributed by atoms with Crippen molar-refractivity contribution in [1.29, 1.82) is 0 Å². The van der Waals surface area contributed by atoms with Crippen molar-refractivity contribution in [2.75, 3.05) is 12.4 Å². The van der Waals surface area contributed by atoms with Crippen LogP contribution in [0.4, 0.5) is 5.69 Å². The second kappa shape index (κ2) is 5.96. The molecule has 3 rings (SSSR count). The number of carbonyl (C=O) groups is 2. The monoisotopic (exact) mass is 307 g/mol. The minimum atomic E-state index is -0.243. The number of fused-ring (bicyclic) bond motifs is 1. The van der Waals surface area contributed by atoms with E-state index in [0.29, 0.717) is 16.9 Å². The Bertz CT molecular complexity index is 896. The first-order chi connectivity index (χ1) is 11.1. The van der Waals surface area contributed by atoms with Gasteiger partial charge in [0, 0.05) is 29.2 Å². The van der Waals surface area contributed by atoms with Gasteiger partial charge in [-0.3, -0.25) is 9.59 Å². The molecule has 0 saturated heterocycles. The number of rotatable bonds is 3. The lowest BCUT2D eigenvalue weighted by molar-refractivity contribution is 0.0961. The quantitative estimate of drug-likeness (QED) is 0.695. The molecule has 0 spiro atoms. The lowest BCUT2D eigenvalue weighted by atomic mass is 10.2. The van der Waals surface area contributed by atoms with Gasteiger partial charge >= 0.3 is 0 Å². The maximum Gasteiger partial charge on any atom is 0.272 e. The Hall–Kier alpha value is -3.08. The summed E-state index contributed by atoms with van der Waals surface area (Å²) in [6, 6.07) is 14.6. The average Bonchev–Trinajstić information content (AvgIpc) is 2.97. The van der Waals surface area contributed by atoms with E-state index in [-0.39, 0.29) is 11.8 Å². The van der Waals surface area contributed by atoms with Crippen molar-refractivity contribution in [2.45, 2.75) is 6.92 Å². The van der Waals surface area contributed by atoms with Gasteiger partial charge in [-0.15, -0.1) is 0 Å². The molecule has 0 aliphatic rings. The first-order valence-corrected chi connectivity index (χ1v) is 7.29. The summed E-state index contributed by atoms with van der Waals surface area (Å²) in [5.74, 6) is -0.435. The Morgan fingerprint density at radius 3 is 2.61 bits per heavy atom. The van der Waals surface area contributed by atoms with E-state index in [4.69, 9.17) is 0 Å². The summed E-state index contributed by atoms with van der Waals surface area (Å²) in [5, 5.41) is 6.35. The van der Waals surface area contributed by atoms with Crippen LogP contribution >= 0.6 is 0 Å². The zero-order valence-electron chi connectivity index (χ0n) is 12.9. The van der Waals surface area contributed by atoms with Crippen LogP contribution in [0.5, 0.6) is 0 Å². The summed E-state index contributed by atoms with van der Waals surface area (Å²) in [7, 11) is 1.57. The van der Waals surface area contributed by atoms with Crippen LogP contribution in [0.2, 0.25) is 0 Å². The first kappa shape index (κ1) is 14.8. The second-order valence-corrected chi connectivity index (χ2v) is 5.39. The molecule has 5 nitrogen and oxygen atoms in total. The third kappa shape index (κ3) is 3.08. The number of H-pyrrole nitrogens is 1. The van der Waals surface area contributed by atoms with Crippen LogP contribution < -0.4 is 10.6 Å². The van der Waals surface area contributed by atoms with Crippen molar-refractivity contribution in [3.05, 3.63) is 65.4 Å². The fourth-order valence-electron chi connectivity index (χ4n) is 2.44. The van der Waals surface area contributed by atoms with Crippen molar-refractivity contribution in [3.63, 3.8) is 0 Å². The third-order valence-corrected chi connectivity index (χ3v) is 3.63. The van der Waals surface area contributed by atoms with Crippen molar-refractivity contribution in [3.8, 4) is 0 Å². The predicted octanol–water partition coefficient (Wildman–Crippen LogP) is 3.09. The van der Waals surface area contributed by atoms with Gasteiger partial charge in [-0.25, -0.2) is 0 Å². The van der Waals surface area contributed by atoms with Crippen LogP contribution in [-0.2, 0) is 0 Å². The van der Waals surface area contributed by atoms with Crippen LogP contribution in [-0.4, -0.2) is 23.8 Å². The van der Waals surface area contributed by atoms with E-state index in [1.54, 1.807) is 31.3 Å². The van der Waals surface area contributed by atoms with Gasteiger partial charge in [0.2, 0.25) is 0 Å². The van der Waals surface area contributed by atoms with E-state index in [9.17, 15) is 9.59 Å². The minimum absolute atomic E-state index is 0.192. The van der Waals surface area contributed by atoms with Gasteiger partial charge in [-0.05, 0) is 42.8 Å². The maximum atomic E-state index is 12.4. The summed E-state index contributed by atoms with van der Waals surface area (Å²) in [6.45, 7) is 2.00. The molecule has 0 saturated carbocycles. The Labute approximate surface area is 133 Å². The number of amides is 2. The highest BCUT2D eigenvalue weighted by Gasteiger charge is 2.11. The number of benzene rings is 2. The number of hydrogen-bond acceptors (Lipinski definition) is 2. The van der Waals surface area contributed by atoms with Crippen molar-refractivity contribution < 1.29 is 9.59 Å². The van der Waals surface area contributed by atoms with Gasteiger partial charge < -0.3 is 15.6 Å². The van der Waals surface area contributed by atoms with Gasteiger partial charge in [0.1, 0.15) is 5.69 Å². The highest BCUT2D eigenvalue weighted by atomic mass is 16.2. The molecule has 1 heterocycles.